The summed E-state index contributed by atoms with van der Waals surface area (Å²) in [6.45, 7) is 0. The van der Waals surface area contributed by atoms with E-state index in [9.17, 15) is 0 Å². The summed E-state index contributed by atoms with van der Waals surface area (Å²) in [5.74, 6) is 0. The molecular weight excluding hydrogens is 127 g/mol. The Morgan fingerprint density at radius 2 is 2.14 bits per heavy atom. The maximum atomic E-state index is 2.12. The molecule has 1 fully saturated rings. The normalized spacial score (nSPS) is 13.7. The van der Waals surface area contributed by atoms with Crippen LogP contribution in [0.2, 0.25) is 6.32 Å². The third-order valence-electron chi connectivity index (χ3n) is 0.655. The van der Waals surface area contributed by atoms with Crippen LogP contribution in [0.4, 0.5) is 0 Å². The van der Waals surface area contributed by atoms with Gasteiger partial charge in [-0.2, -0.15) is 0 Å². The van der Waals surface area contributed by atoms with E-state index in [1.807, 2.05) is 0 Å². The van der Waals surface area contributed by atoms with Crippen molar-refractivity contribution in [2.24, 2.45) is 0 Å². The first kappa shape index (κ1) is 10.6. The molecule has 4 heteroatoms. The molecular formula is C3H6B3Co. The van der Waals surface area contributed by atoms with Crippen molar-refractivity contribution in [3.05, 3.63) is 13.7 Å². The minimum absolute atomic E-state index is 0. The number of hydrogen-bond donors (Lipinski definition) is 0. The van der Waals surface area contributed by atoms with Gasteiger partial charge < -0.3 is 13.7 Å². The van der Waals surface area contributed by atoms with Crippen LogP contribution in [0.5, 0.6) is 0 Å². The van der Waals surface area contributed by atoms with Gasteiger partial charge in [0.25, 0.3) is 0 Å². The van der Waals surface area contributed by atoms with E-state index in [2.05, 4.69) is 27.7 Å². The molecule has 1 aliphatic heterocycles. The van der Waals surface area contributed by atoms with Crippen LogP contribution < -0.4 is 0 Å². The summed E-state index contributed by atoms with van der Waals surface area (Å²) in [5.41, 5.74) is 0. The minimum atomic E-state index is 0. The Hall–Kier alpha value is 0.701. The first-order valence-corrected chi connectivity index (χ1v) is 1.82. The smallest absolute Gasteiger partial charge is 0.374 e. The molecule has 0 aromatic rings. The second-order valence-corrected chi connectivity index (χ2v) is 1.09. The first-order chi connectivity index (χ1) is 2.50. The van der Waals surface area contributed by atoms with Gasteiger partial charge in [0, 0.05) is 7.17 Å². The predicted octanol–water partition coefficient (Wildman–Crippen LogP) is -0.0295. The van der Waals surface area contributed by atoms with Gasteiger partial charge >= 0.3 is 16.8 Å². The van der Waals surface area contributed by atoms with Crippen LogP contribution in [0.15, 0.2) is 0 Å². The van der Waals surface area contributed by atoms with E-state index in [0.29, 0.717) is 0 Å². The summed E-state index contributed by atoms with van der Waals surface area (Å²) in [6, 6.07) is 0. The summed E-state index contributed by atoms with van der Waals surface area (Å²) in [5, 5.41) is 0. The van der Waals surface area contributed by atoms with Crippen molar-refractivity contribution in [2.45, 2.75) is 6.32 Å². The summed E-state index contributed by atoms with van der Waals surface area (Å²) >= 11 is 0. The molecule has 1 aliphatic rings. The van der Waals surface area contributed by atoms with Gasteiger partial charge in [0.2, 0.25) is 0 Å². The van der Waals surface area contributed by atoms with E-state index in [1.54, 1.807) is 0 Å². The third kappa shape index (κ3) is 4.56. The molecule has 0 aliphatic carbocycles. The molecule has 1 heterocycles. The Labute approximate surface area is 58.7 Å². The standard InChI is InChI=1S/C2H3B3.CH3.Co/c1-2-4-5-3-1;;/h1H,2H2;1H3;/q2*-1;+2. The van der Waals surface area contributed by atoms with Crippen LogP contribution in [-0.2, 0) is 16.8 Å². The molecule has 0 bridgehead atoms. The topological polar surface area (TPSA) is 0 Å². The fourth-order valence-corrected chi connectivity index (χ4v) is 0.393. The van der Waals surface area contributed by atoms with Gasteiger partial charge in [-0.15, -0.1) is 7.17 Å². The second-order valence-electron chi connectivity index (χ2n) is 1.09. The van der Waals surface area contributed by atoms with Gasteiger partial charge in [0.05, 0.1) is 0 Å². The van der Waals surface area contributed by atoms with Crippen molar-refractivity contribution in [2.75, 3.05) is 0 Å². The van der Waals surface area contributed by atoms with Gasteiger partial charge in [0.1, 0.15) is 0 Å². The fraction of sp³-hybridized carbons (Fsp3) is 0.333. The molecule has 4 radical (unpaired) electrons. The average Bonchev–Trinajstić information content (AvgIpc) is 1.76. The van der Waals surface area contributed by atoms with Crippen LogP contribution in [0.25, 0.3) is 0 Å². The van der Waals surface area contributed by atoms with Crippen molar-refractivity contribution in [1.82, 2.24) is 0 Å². The zero-order chi connectivity index (χ0) is 3.54. The number of rotatable bonds is 0. The second kappa shape index (κ2) is 6.70. The third-order valence-corrected chi connectivity index (χ3v) is 0.655. The molecule has 36 valence electrons. The van der Waals surface area contributed by atoms with Crippen molar-refractivity contribution in [1.29, 1.82) is 0 Å². The molecule has 0 aromatic heterocycles. The van der Waals surface area contributed by atoms with E-state index >= 15 is 0 Å². The summed E-state index contributed by atoms with van der Waals surface area (Å²) in [7, 11) is 6.24. The molecule has 0 unspecified atom stereocenters. The molecule has 0 saturated carbocycles. The molecule has 7 heavy (non-hydrogen) atoms. The average molecular weight is 133 g/mol. The molecule has 0 amide bonds. The summed E-state index contributed by atoms with van der Waals surface area (Å²) in [4.78, 5) is 0. The Balaban J connectivity index is 0. The molecule has 0 spiro atoms. The Morgan fingerprint density at radius 3 is 2.29 bits per heavy atom. The van der Waals surface area contributed by atoms with Gasteiger partial charge in [-0.25, -0.2) is 6.32 Å². The zero-order valence-corrected chi connectivity index (χ0v) is 5.39. The molecule has 0 aromatic carbocycles. The van der Waals surface area contributed by atoms with Crippen LogP contribution in [0.1, 0.15) is 0 Å². The maximum Gasteiger partial charge on any atom is 2.00 e. The molecule has 1 rings (SSSR count). The Kier molecular flexibility index (Phi) is 10.2. The molecule has 0 nitrogen and oxygen atoms in total. The molecule has 1 saturated heterocycles. The van der Waals surface area contributed by atoms with Gasteiger partial charge in [-0.3, -0.25) is 0 Å². The van der Waals surface area contributed by atoms with Crippen LogP contribution in [0, 0.1) is 13.7 Å². The van der Waals surface area contributed by atoms with Crippen molar-refractivity contribution in [3.63, 3.8) is 0 Å². The monoisotopic (exact) mass is 134 g/mol. The van der Waals surface area contributed by atoms with Crippen molar-refractivity contribution < 1.29 is 16.8 Å². The summed E-state index contributed by atoms with van der Waals surface area (Å²) in [6.07, 6.45) is 3.26. The van der Waals surface area contributed by atoms with E-state index < -0.39 is 0 Å². The molecule has 0 N–H and O–H groups in total. The van der Waals surface area contributed by atoms with Gasteiger partial charge in [-0.1, -0.05) is 0 Å². The number of hydrogen-bond acceptors (Lipinski definition) is 0. The first-order valence-electron chi connectivity index (χ1n) is 1.82. The Bertz CT molecular complexity index is 21.8. The largest absolute Gasteiger partial charge is 2.00 e. The van der Waals surface area contributed by atoms with Crippen LogP contribution in [-0.4, -0.2) is 21.4 Å². The minimum Gasteiger partial charge on any atom is -0.374 e. The van der Waals surface area contributed by atoms with Crippen molar-refractivity contribution in [3.8, 4) is 0 Å². The van der Waals surface area contributed by atoms with E-state index in [4.69, 9.17) is 0 Å². The van der Waals surface area contributed by atoms with Crippen LogP contribution in [0.3, 0.4) is 0 Å². The van der Waals surface area contributed by atoms with E-state index in [-0.39, 0.29) is 24.2 Å². The predicted molar refractivity (Wildman–Crippen MR) is 32.8 cm³/mol. The Morgan fingerprint density at radius 1 is 1.43 bits per heavy atom. The van der Waals surface area contributed by atoms with Crippen LogP contribution >= 0.6 is 0 Å². The maximum absolute atomic E-state index is 2.12. The quantitative estimate of drug-likeness (QED) is 0.322. The van der Waals surface area contributed by atoms with Crippen molar-refractivity contribution >= 4 is 21.4 Å². The molecule has 0 atom stereocenters. The van der Waals surface area contributed by atoms with Gasteiger partial charge in [-0.05, 0) is 7.06 Å². The summed E-state index contributed by atoms with van der Waals surface area (Å²) < 4.78 is 0. The SMILES string of the molecule is [B]1[B][CH-]C[B]1.[CH3-].[Co+2]. The zero-order valence-electron chi connectivity index (χ0n) is 4.35. The van der Waals surface area contributed by atoms with E-state index in [0.717, 1.165) is 6.32 Å². The van der Waals surface area contributed by atoms with Gasteiger partial charge in [0.15, 0.2) is 0 Å². The fourth-order valence-electron chi connectivity index (χ4n) is 0.393. The van der Waals surface area contributed by atoms with E-state index in [1.165, 1.54) is 0 Å².